The van der Waals surface area contributed by atoms with E-state index < -0.39 is 17.2 Å². The molecule has 2 aromatic heterocycles. The molecule has 1 amide bonds. The van der Waals surface area contributed by atoms with Crippen molar-refractivity contribution in [1.29, 1.82) is 0 Å². The Morgan fingerprint density at radius 1 is 1.17 bits per heavy atom. The number of fused-ring (bicyclic) bond motifs is 1. The van der Waals surface area contributed by atoms with Gasteiger partial charge in [0.2, 0.25) is 0 Å². The Kier molecular flexibility index (Phi) is 5.81. The summed E-state index contributed by atoms with van der Waals surface area (Å²) in [6.07, 6.45) is 3.04. The van der Waals surface area contributed by atoms with Gasteiger partial charge < -0.3 is 10.1 Å². The van der Waals surface area contributed by atoms with Crippen LogP contribution in [0.3, 0.4) is 0 Å². The highest BCUT2D eigenvalue weighted by Crippen LogP contribution is 2.24. The summed E-state index contributed by atoms with van der Waals surface area (Å²) in [4.78, 5) is 41.9. The molecule has 0 unspecified atom stereocenters. The normalized spacial score (nSPS) is 10.9. The number of para-hydroxylation sites is 1. The number of hydrogen-bond acceptors (Lipinski definition) is 5. The number of aryl methyl sites for hydroxylation is 3. The first-order valence-electron chi connectivity index (χ1n) is 9.41. The Hall–Kier alpha value is -3.42. The van der Waals surface area contributed by atoms with Crippen LogP contribution in [-0.4, -0.2) is 26.6 Å². The summed E-state index contributed by atoms with van der Waals surface area (Å²) in [5.41, 5.74) is 1.30. The van der Waals surface area contributed by atoms with Gasteiger partial charge in [-0.25, -0.2) is 9.78 Å². The number of aromatic nitrogens is 3. The van der Waals surface area contributed by atoms with Crippen molar-refractivity contribution in [2.24, 2.45) is 14.1 Å². The largest absolute Gasteiger partial charge is 0.483 e. The van der Waals surface area contributed by atoms with E-state index in [0.29, 0.717) is 17.9 Å². The zero-order valence-corrected chi connectivity index (χ0v) is 17.0. The van der Waals surface area contributed by atoms with Crippen molar-refractivity contribution in [2.45, 2.75) is 26.7 Å². The third-order valence-corrected chi connectivity index (χ3v) is 4.78. The molecule has 152 valence electrons. The highest BCUT2D eigenvalue weighted by atomic mass is 16.5. The second kappa shape index (κ2) is 8.30. The van der Waals surface area contributed by atoms with E-state index in [1.807, 2.05) is 32.0 Å². The van der Waals surface area contributed by atoms with Crippen molar-refractivity contribution in [1.82, 2.24) is 14.1 Å². The van der Waals surface area contributed by atoms with E-state index in [1.165, 1.54) is 11.6 Å². The maximum absolute atomic E-state index is 12.8. The molecule has 1 N–H and O–H groups in total. The Morgan fingerprint density at radius 2 is 1.90 bits per heavy atom. The summed E-state index contributed by atoms with van der Waals surface area (Å²) in [5, 5.41) is 3.02. The summed E-state index contributed by atoms with van der Waals surface area (Å²) in [5.74, 6) is 0.225. The monoisotopic (exact) mass is 396 g/mol. The summed E-state index contributed by atoms with van der Waals surface area (Å²) in [6, 6.07) is 7.41. The molecule has 0 spiro atoms. The van der Waals surface area contributed by atoms with E-state index >= 15 is 0 Å². The molecule has 2 heterocycles. The first-order chi connectivity index (χ1) is 13.8. The number of carbonyl (C=O) groups is 1. The summed E-state index contributed by atoms with van der Waals surface area (Å²) < 4.78 is 7.92. The number of carbonyl (C=O) groups excluding carboxylic acids is 1. The van der Waals surface area contributed by atoms with Crippen molar-refractivity contribution >= 4 is 22.6 Å². The lowest BCUT2D eigenvalue weighted by molar-refractivity contribution is -0.118. The maximum Gasteiger partial charge on any atom is 0.332 e. The summed E-state index contributed by atoms with van der Waals surface area (Å²) in [6.45, 7) is 3.69. The van der Waals surface area contributed by atoms with Gasteiger partial charge >= 0.3 is 5.69 Å². The van der Waals surface area contributed by atoms with Crippen LogP contribution in [0.25, 0.3) is 11.0 Å². The van der Waals surface area contributed by atoms with Gasteiger partial charge in [0.15, 0.2) is 12.3 Å². The fourth-order valence-electron chi connectivity index (χ4n) is 3.21. The molecule has 0 fully saturated rings. The van der Waals surface area contributed by atoms with E-state index in [-0.39, 0.29) is 17.6 Å². The standard InChI is InChI=1S/C21H24N4O4/c1-5-8-14-11-22-19-17(20(27)25(4)21(28)24(19)3)18(14)23-16(26)12-29-15-10-7-6-9-13(15)2/h6-7,9-11H,5,8,12H2,1-4H3,(H,22,23,26). The van der Waals surface area contributed by atoms with Gasteiger partial charge in [0, 0.05) is 20.3 Å². The predicted molar refractivity (Wildman–Crippen MR) is 112 cm³/mol. The van der Waals surface area contributed by atoms with Crippen molar-refractivity contribution in [3.8, 4) is 5.75 Å². The van der Waals surface area contributed by atoms with Crippen LogP contribution in [-0.2, 0) is 25.3 Å². The number of nitrogens with zero attached hydrogens (tertiary/aromatic N) is 3. The Morgan fingerprint density at radius 3 is 2.59 bits per heavy atom. The number of anilines is 1. The van der Waals surface area contributed by atoms with E-state index in [0.717, 1.165) is 22.1 Å². The van der Waals surface area contributed by atoms with Gasteiger partial charge in [-0.15, -0.1) is 0 Å². The molecule has 29 heavy (non-hydrogen) atoms. The van der Waals surface area contributed by atoms with Crippen LogP contribution in [0.2, 0.25) is 0 Å². The minimum absolute atomic E-state index is 0.202. The van der Waals surface area contributed by atoms with E-state index in [4.69, 9.17) is 4.74 Å². The number of amides is 1. The number of nitrogens with one attached hydrogen (secondary N) is 1. The first-order valence-corrected chi connectivity index (χ1v) is 9.41. The van der Waals surface area contributed by atoms with Gasteiger partial charge in [0.25, 0.3) is 11.5 Å². The van der Waals surface area contributed by atoms with Crippen LogP contribution in [0.4, 0.5) is 5.69 Å². The minimum Gasteiger partial charge on any atom is -0.483 e. The molecule has 0 aliphatic heterocycles. The van der Waals surface area contributed by atoms with E-state index in [1.54, 1.807) is 19.3 Å². The van der Waals surface area contributed by atoms with Gasteiger partial charge in [0.1, 0.15) is 11.1 Å². The lowest BCUT2D eigenvalue weighted by Gasteiger charge is -2.16. The van der Waals surface area contributed by atoms with E-state index in [2.05, 4.69) is 10.3 Å². The third-order valence-electron chi connectivity index (χ3n) is 4.78. The molecule has 8 heteroatoms. The van der Waals surface area contributed by atoms with Crippen molar-refractivity contribution in [2.75, 3.05) is 11.9 Å². The zero-order chi connectivity index (χ0) is 21.1. The van der Waals surface area contributed by atoms with Crippen molar-refractivity contribution in [3.05, 3.63) is 62.4 Å². The molecular weight excluding hydrogens is 372 g/mol. The van der Waals surface area contributed by atoms with Gasteiger partial charge in [0.05, 0.1) is 5.69 Å². The van der Waals surface area contributed by atoms with Gasteiger partial charge in [-0.3, -0.25) is 18.7 Å². The second-order valence-corrected chi connectivity index (χ2v) is 6.92. The SMILES string of the molecule is CCCc1cnc2c(c1NC(=O)COc1ccccc1C)c(=O)n(C)c(=O)n2C. The van der Waals surface area contributed by atoms with E-state index in [9.17, 15) is 14.4 Å². The average molecular weight is 396 g/mol. The average Bonchev–Trinajstić information content (AvgIpc) is 2.71. The maximum atomic E-state index is 12.8. The Balaban J connectivity index is 2.01. The number of pyridine rings is 1. The van der Waals surface area contributed by atoms with Crippen LogP contribution in [0.15, 0.2) is 40.1 Å². The molecule has 0 bridgehead atoms. The van der Waals surface area contributed by atoms with Crippen molar-refractivity contribution in [3.63, 3.8) is 0 Å². The molecule has 0 saturated carbocycles. The van der Waals surface area contributed by atoms with Crippen LogP contribution in [0, 0.1) is 6.92 Å². The summed E-state index contributed by atoms with van der Waals surface area (Å²) in [7, 11) is 2.95. The molecule has 8 nitrogen and oxygen atoms in total. The number of hydrogen-bond donors (Lipinski definition) is 1. The highest BCUT2D eigenvalue weighted by molar-refractivity contribution is 6.01. The molecule has 0 radical (unpaired) electrons. The molecule has 0 aliphatic carbocycles. The van der Waals surface area contributed by atoms with Crippen LogP contribution >= 0.6 is 0 Å². The van der Waals surface area contributed by atoms with Crippen LogP contribution in [0.1, 0.15) is 24.5 Å². The fraction of sp³-hybridized carbons (Fsp3) is 0.333. The van der Waals surface area contributed by atoms with Gasteiger partial charge in [-0.2, -0.15) is 0 Å². The number of ether oxygens (including phenoxy) is 1. The Labute approximate surface area is 167 Å². The topological polar surface area (TPSA) is 95.2 Å². The zero-order valence-electron chi connectivity index (χ0n) is 17.0. The summed E-state index contributed by atoms with van der Waals surface area (Å²) >= 11 is 0. The molecular formula is C21H24N4O4. The lowest BCUT2D eigenvalue weighted by atomic mass is 10.1. The molecule has 0 aliphatic rings. The number of rotatable bonds is 6. The fourth-order valence-corrected chi connectivity index (χ4v) is 3.21. The Bertz CT molecular complexity index is 1190. The third kappa shape index (κ3) is 3.91. The lowest BCUT2D eigenvalue weighted by Crippen LogP contribution is -2.38. The molecule has 3 rings (SSSR count). The molecule has 1 aromatic carbocycles. The molecule has 0 atom stereocenters. The number of benzene rings is 1. The molecule has 0 saturated heterocycles. The predicted octanol–water partition coefficient (Wildman–Crippen LogP) is 1.91. The highest BCUT2D eigenvalue weighted by Gasteiger charge is 2.19. The van der Waals surface area contributed by atoms with Crippen LogP contribution < -0.4 is 21.3 Å². The smallest absolute Gasteiger partial charge is 0.332 e. The van der Waals surface area contributed by atoms with Crippen LogP contribution in [0.5, 0.6) is 5.75 Å². The van der Waals surface area contributed by atoms with Gasteiger partial charge in [-0.1, -0.05) is 31.5 Å². The van der Waals surface area contributed by atoms with Crippen molar-refractivity contribution < 1.29 is 9.53 Å². The molecule has 3 aromatic rings. The van der Waals surface area contributed by atoms with Gasteiger partial charge in [-0.05, 0) is 30.5 Å². The minimum atomic E-state index is -0.497. The second-order valence-electron chi connectivity index (χ2n) is 6.92. The first kappa shape index (κ1) is 20.3. The quantitative estimate of drug-likeness (QED) is 0.687.